The number of benzene rings is 1. The van der Waals surface area contributed by atoms with Crippen LogP contribution < -0.4 is 10.1 Å². The first kappa shape index (κ1) is 19.6. The highest BCUT2D eigenvalue weighted by Gasteiger charge is 2.23. The van der Waals surface area contributed by atoms with Crippen LogP contribution >= 0.6 is 0 Å². The van der Waals surface area contributed by atoms with E-state index in [0.717, 1.165) is 49.7 Å². The number of likely N-dealkylation sites (N-methyl/N-ethyl adjacent to an activating group) is 1. The van der Waals surface area contributed by atoms with Gasteiger partial charge in [-0.3, -0.25) is 4.99 Å². The summed E-state index contributed by atoms with van der Waals surface area (Å²) in [5.74, 6) is 3.36. The fourth-order valence-corrected chi connectivity index (χ4v) is 3.44. The number of rotatable bonds is 6. The van der Waals surface area contributed by atoms with E-state index in [-0.39, 0.29) is 0 Å². The zero-order valence-electron chi connectivity index (χ0n) is 16.5. The molecule has 25 heavy (non-hydrogen) atoms. The third-order valence-electron chi connectivity index (χ3n) is 4.54. The van der Waals surface area contributed by atoms with Crippen LogP contribution in [0.25, 0.3) is 0 Å². The number of ether oxygens (including phenoxy) is 1. The summed E-state index contributed by atoms with van der Waals surface area (Å²) in [6.07, 6.45) is 1.31. The number of nitrogens with one attached hydrogen (secondary N) is 1. The Balaban J connectivity index is 1.88. The van der Waals surface area contributed by atoms with Crippen molar-refractivity contribution in [3.05, 3.63) is 29.8 Å². The van der Waals surface area contributed by atoms with Crippen LogP contribution in [0.1, 0.15) is 25.8 Å². The molecule has 0 aromatic heterocycles. The van der Waals surface area contributed by atoms with Gasteiger partial charge in [-0.2, -0.15) is 0 Å². The van der Waals surface area contributed by atoms with Gasteiger partial charge >= 0.3 is 0 Å². The summed E-state index contributed by atoms with van der Waals surface area (Å²) in [6.45, 7) is 9.19. The Morgan fingerprint density at radius 2 is 2.00 bits per heavy atom. The van der Waals surface area contributed by atoms with E-state index in [1.165, 1.54) is 12.0 Å². The maximum atomic E-state index is 5.82. The molecule has 0 spiro atoms. The fourth-order valence-electron chi connectivity index (χ4n) is 3.44. The van der Waals surface area contributed by atoms with E-state index in [2.05, 4.69) is 66.3 Å². The standard InChI is InChI=1S/C20H34N4O/c1-16-11-17(2)15-24(14-16)20(21-3)22-13-18-7-6-8-19(12-18)25-10-9-23(4)5/h6-8,12,16-17H,9-11,13-15H2,1-5H3,(H,21,22). The first-order valence-corrected chi connectivity index (χ1v) is 9.30. The number of hydrogen-bond donors (Lipinski definition) is 1. The Kier molecular flexibility index (Phi) is 7.56. The van der Waals surface area contributed by atoms with Crippen LogP contribution in [0, 0.1) is 11.8 Å². The molecule has 1 N–H and O–H groups in total. The first-order chi connectivity index (χ1) is 12.0. The lowest BCUT2D eigenvalue weighted by Crippen LogP contribution is -2.48. The zero-order chi connectivity index (χ0) is 18.2. The Labute approximate surface area is 153 Å². The van der Waals surface area contributed by atoms with Crippen LogP contribution in [0.2, 0.25) is 0 Å². The van der Waals surface area contributed by atoms with Crippen molar-refractivity contribution in [3.63, 3.8) is 0 Å². The van der Waals surface area contributed by atoms with Gasteiger partial charge in [0.25, 0.3) is 0 Å². The molecule has 1 saturated heterocycles. The van der Waals surface area contributed by atoms with Crippen LogP contribution in [0.4, 0.5) is 0 Å². The molecule has 0 aliphatic carbocycles. The number of piperidine rings is 1. The molecule has 1 aromatic carbocycles. The summed E-state index contributed by atoms with van der Waals surface area (Å²) in [5, 5.41) is 3.51. The Morgan fingerprint density at radius 1 is 1.28 bits per heavy atom. The van der Waals surface area contributed by atoms with Crippen LogP contribution in [0.3, 0.4) is 0 Å². The molecule has 1 aliphatic heterocycles. The lowest BCUT2D eigenvalue weighted by Gasteiger charge is -2.37. The fraction of sp³-hybridized carbons (Fsp3) is 0.650. The van der Waals surface area contributed by atoms with E-state index in [9.17, 15) is 0 Å². The molecule has 2 rings (SSSR count). The number of likely N-dealkylation sites (tertiary alicyclic amines) is 1. The second-order valence-electron chi connectivity index (χ2n) is 7.55. The molecule has 5 nitrogen and oxygen atoms in total. The van der Waals surface area contributed by atoms with E-state index >= 15 is 0 Å². The van der Waals surface area contributed by atoms with Gasteiger partial charge in [0.1, 0.15) is 12.4 Å². The molecule has 140 valence electrons. The third-order valence-corrected chi connectivity index (χ3v) is 4.54. The highest BCUT2D eigenvalue weighted by molar-refractivity contribution is 5.80. The molecule has 0 amide bonds. The summed E-state index contributed by atoms with van der Waals surface area (Å²) in [4.78, 5) is 8.99. The Bertz CT molecular complexity index is 548. The molecule has 2 atom stereocenters. The second kappa shape index (κ2) is 9.66. The lowest BCUT2D eigenvalue weighted by atomic mass is 9.92. The molecule has 0 saturated carbocycles. The van der Waals surface area contributed by atoms with Crippen molar-refractivity contribution in [1.82, 2.24) is 15.1 Å². The van der Waals surface area contributed by atoms with Crippen LogP contribution in [0.15, 0.2) is 29.3 Å². The van der Waals surface area contributed by atoms with E-state index in [0.29, 0.717) is 6.61 Å². The Hall–Kier alpha value is -1.75. The molecule has 1 heterocycles. The van der Waals surface area contributed by atoms with Gasteiger partial charge in [0.2, 0.25) is 0 Å². The van der Waals surface area contributed by atoms with Gasteiger partial charge in [0.15, 0.2) is 5.96 Å². The summed E-state index contributed by atoms with van der Waals surface area (Å²) in [5.41, 5.74) is 1.21. The largest absolute Gasteiger partial charge is 0.492 e. The average molecular weight is 347 g/mol. The second-order valence-corrected chi connectivity index (χ2v) is 7.55. The smallest absolute Gasteiger partial charge is 0.193 e. The van der Waals surface area contributed by atoms with Crippen molar-refractivity contribution in [2.24, 2.45) is 16.8 Å². The van der Waals surface area contributed by atoms with E-state index in [1.807, 2.05) is 13.1 Å². The van der Waals surface area contributed by atoms with Crippen molar-refractivity contribution < 1.29 is 4.74 Å². The number of guanidine groups is 1. The van der Waals surface area contributed by atoms with Crippen LogP contribution in [0.5, 0.6) is 5.75 Å². The molecule has 1 aromatic rings. The number of hydrogen-bond acceptors (Lipinski definition) is 3. The highest BCUT2D eigenvalue weighted by Crippen LogP contribution is 2.21. The molecule has 5 heteroatoms. The topological polar surface area (TPSA) is 40.1 Å². The highest BCUT2D eigenvalue weighted by atomic mass is 16.5. The van der Waals surface area contributed by atoms with Gasteiger partial charge in [-0.15, -0.1) is 0 Å². The SMILES string of the molecule is CN=C(NCc1cccc(OCCN(C)C)c1)N1CC(C)CC(C)C1. The van der Waals surface area contributed by atoms with Gasteiger partial charge in [-0.05, 0) is 50.0 Å². The summed E-state index contributed by atoms with van der Waals surface area (Å²) in [7, 11) is 5.97. The number of nitrogens with zero attached hydrogens (tertiary/aromatic N) is 3. The van der Waals surface area contributed by atoms with Crippen LogP contribution in [-0.4, -0.2) is 63.1 Å². The molecule has 2 unspecified atom stereocenters. The van der Waals surface area contributed by atoms with Crippen molar-refractivity contribution in [3.8, 4) is 5.75 Å². The molecule has 1 fully saturated rings. The minimum atomic E-state index is 0.703. The normalized spacial score (nSPS) is 21.5. The van der Waals surface area contributed by atoms with E-state index in [1.54, 1.807) is 0 Å². The van der Waals surface area contributed by atoms with Gasteiger partial charge in [0.05, 0.1) is 0 Å². The minimum Gasteiger partial charge on any atom is -0.492 e. The quantitative estimate of drug-likeness (QED) is 0.635. The first-order valence-electron chi connectivity index (χ1n) is 9.30. The predicted octanol–water partition coefficient (Wildman–Crippen LogP) is 2.68. The third kappa shape index (κ3) is 6.58. The van der Waals surface area contributed by atoms with Crippen molar-refractivity contribution in [2.45, 2.75) is 26.8 Å². The zero-order valence-corrected chi connectivity index (χ0v) is 16.5. The van der Waals surface area contributed by atoms with Crippen LogP contribution in [-0.2, 0) is 6.54 Å². The molecule has 1 aliphatic rings. The Morgan fingerprint density at radius 3 is 2.64 bits per heavy atom. The maximum Gasteiger partial charge on any atom is 0.193 e. The molecule has 0 radical (unpaired) electrons. The van der Waals surface area contributed by atoms with Gasteiger partial charge in [-0.25, -0.2) is 0 Å². The van der Waals surface area contributed by atoms with Gasteiger partial charge in [-0.1, -0.05) is 26.0 Å². The summed E-state index contributed by atoms with van der Waals surface area (Å²) >= 11 is 0. The summed E-state index contributed by atoms with van der Waals surface area (Å²) in [6, 6.07) is 8.30. The van der Waals surface area contributed by atoms with Crippen molar-refractivity contribution in [1.29, 1.82) is 0 Å². The monoisotopic (exact) mass is 346 g/mol. The number of aliphatic imine (C=N–C) groups is 1. The van der Waals surface area contributed by atoms with E-state index in [4.69, 9.17) is 4.74 Å². The molecule has 0 bridgehead atoms. The maximum absolute atomic E-state index is 5.82. The van der Waals surface area contributed by atoms with E-state index < -0.39 is 0 Å². The minimum absolute atomic E-state index is 0.703. The van der Waals surface area contributed by atoms with Gasteiger partial charge < -0.3 is 19.9 Å². The lowest BCUT2D eigenvalue weighted by molar-refractivity contribution is 0.208. The van der Waals surface area contributed by atoms with Crippen molar-refractivity contribution >= 4 is 5.96 Å². The summed E-state index contributed by atoms with van der Waals surface area (Å²) < 4.78 is 5.82. The average Bonchev–Trinajstić information content (AvgIpc) is 2.54. The molecular formula is C20H34N4O. The predicted molar refractivity (Wildman–Crippen MR) is 105 cm³/mol. The van der Waals surface area contributed by atoms with Gasteiger partial charge in [0, 0.05) is 33.2 Å². The molecular weight excluding hydrogens is 312 g/mol. The van der Waals surface area contributed by atoms with Crippen molar-refractivity contribution in [2.75, 3.05) is 47.4 Å².